The van der Waals surface area contributed by atoms with Crippen LogP contribution in [0.4, 0.5) is 0 Å². The Morgan fingerprint density at radius 3 is 3.00 bits per heavy atom. The van der Waals surface area contributed by atoms with Crippen molar-refractivity contribution in [2.24, 2.45) is 0 Å². The van der Waals surface area contributed by atoms with Gasteiger partial charge in [-0.15, -0.1) is 6.58 Å². The highest BCUT2D eigenvalue weighted by Gasteiger charge is 2.01. The van der Waals surface area contributed by atoms with Crippen molar-refractivity contribution in [3.05, 3.63) is 48.1 Å². The molecule has 0 atom stereocenters. The van der Waals surface area contributed by atoms with E-state index >= 15 is 0 Å². The third-order valence-corrected chi connectivity index (χ3v) is 1.62. The summed E-state index contributed by atoms with van der Waals surface area (Å²) in [4.78, 5) is 0. The SMILES string of the molecule is C=CCC1=CC=CC1=CC. The van der Waals surface area contributed by atoms with Gasteiger partial charge in [0.25, 0.3) is 0 Å². The summed E-state index contributed by atoms with van der Waals surface area (Å²) in [5, 5.41) is 0. The summed E-state index contributed by atoms with van der Waals surface area (Å²) >= 11 is 0. The molecule has 0 radical (unpaired) electrons. The Morgan fingerprint density at radius 2 is 2.40 bits per heavy atom. The molecule has 10 heavy (non-hydrogen) atoms. The second-order valence-electron chi connectivity index (χ2n) is 2.29. The van der Waals surface area contributed by atoms with Crippen molar-refractivity contribution in [3.8, 4) is 0 Å². The van der Waals surface area contributed by atoms with Crippen LogP contribution in [0.3, 0.4) is 0 Å². The van der Waals surface area contributed by atoms with Crippen LogP contribution in [0.5, 0.6) is 0 Å². The molecular formula is C10H12. The molecular weight excluding hydrogens is 120 g/mol. The molecule has 0 nitrogen and oxygen atoms in total. The van der Waals surface area contributed by atoms with Gasteiger partial charge in [0.2, 0.25) is 0 Å². The molecule has 0 unspecified atom stereocenters. The fourth-order valence-electron chi connectivity index (χ4n) is 1.09. The topological polar surface area (TPSA) is 0 Å². The van der Waals surface area contributed by atoms with E-state index in [1.807, 2.05) is 6.08 Å². The highest BCUT2D eigenvalue weighted by atomic mass is 14.1. The van der Waals surface area contributed by atoms with Crippen LogP contribution in [0.25, 0.3) is 0 Å². The fourth-order valence-corrected chi connectivity index (χ4v) is 1.09. The molecule has 1 aliphatic rings. The zero-order valence-electron chi connectivity index (χ0n) is 6.30. The number of hydrogen-bond acceptors (Lipinski definition) is 0. The molecule has 0 amide bonds. The normalized spacial score (nSPS) is 19.7. The van der Waals surface area contributed by atoms with Crippen LogP contribution in [0.1, 0.15) is 13.3 Å². The predicted molar refractivity (Wildman–Crippen MR) is 45.8 cm³/mol. The van der Waals surface area contributed by atoms with Crippen molar-refractivity contribution < 1.29 is 0 Å². The van der Waals surface area contributed by atoms with Gasteiger partial charge < -0.3 is 0 Å². The molecule has 0 aliphatic heterocycles. The maximum absolute atomic E-state index is 3.70. The molecule has 1 rings (SSSR count). The lowest BCUT2D eigenvalue weighted by atomic mass is 10.1. The minimum atomic E-state index is 0.979. The minimum absolute atomic E-state index is 0.979. The first-order valence-corrected chi connectivity index (χ1v) is 3.53. The first-order valence-electron chi connectivity index (χ1n) is 3.53. The first-order chi connectivity index (χ1) is 4.88. The molecule has 0 N–H and O–H groups in total. The molecule has 0 aromatic rings. The maximum Gasteiger partial charge on any atom is -0.00943 e. The van der Waals surface area contributed by atoms with Crippen LogP contribution in [-0.2, 0) is 0 Å². The Morgan fingerprint density at radius 1 is 1.60 bits per heavy atom. The van der Waals surface area contributed by atoms with E-state index in [1.54, 1.807) is 0 Å². The summed E-state index contributed by atoms with van der Waals surface area (Å²) in [5.74, 6) is 0. The lowest BCUT2D eigenvalue weighted by Gasteiger charge is -1.98. The van der Waals surface area contributed by atoms with Crippen LogP contribution in [-0.4, -0.2) is 0 Å². The zero-order valence-corrected chi connectivity index (χ0v) is 6.30. The smallest absolute Gasteiger partial charge is 0.00943 e. The number of hydrogen-bond donors (Lipinski definition) is 0. The monoisotopic (exact) mass is 132 g/mol. The highest BCUT2D eigenvalue weighted by molar-refractivity contribution is 5.48. The van der Waals surface area contributed by atoms with Crippen molar-refractivity contribution >= 4 is 0 Å². The summed E-state index contributed by atoms with van der Waals surface area (Å²) in [5.41, 5.74) is 2.71. The van der Waals surface area contributed by atoms with E-state index in [0.29, 0.717) is 0 Å². The summed E-state index contributed by atoms with van der Waals surface area (Å²) in [6.07, 6.45) is 11.4. The van der Waals surface area contributed by atoms with Gasteiger partial charge in [0.1, 0.15) is 0 Å². The van der Waals surface area contributed by atoms with E-state index in [9.17, 15) is 0 Å². The molecule has 0 bridgehead atoms. The minimum Gasteiger partial charge on any atom is -0.103 e. The predicted octanol–water partition coefficient (Wildman–Crippen LogP) is 3.01. The molecule has 0 fully saturated rings. The molecule has 0 aromatic heterocycles. The number of rotatable bonds is 2. The van der Waals surface area contributed by atoms with E-state index < -0.39 is 0 Å². The first kappa shape index (κ1) is 7.07. The second-order valence-corrected chi connectivity index (χ2v) is 2.29. The lowest BCUT2D eigenvalue weighted by molar-refractivity contribution is 1.26. The Hall–Kier alpha value is -1.04. The third kappa shape index (κ3) is 1.27. The van der Waals surface area contributed by atoms with Gasteiger partial charge >= 0.3 is 0 Å². The molecule has 52 valence electrons. The quantitative estimate of drug-likeness (QED) is 0.507. The largest absolute Gasteiger partial charge is 0.103 e. The van der Waals surface area contributed by atoms with Gasteiger partial charge in [-0.25, -0.2) is 0 Å². The van der Waals surface area contributed by atoms with Crippen LogP contribution in [0, 0.1) is 0 Å². The van der Waals surface area contributed by atoms with Crippen molar-refractivity contribution in [1.29, 1.82) is 0 Å². The highest BCUT2D eigenvalue weighted by Crippen LogP contribution is 2.20. The van der Waals surface area contributed by atoms with Gasteiger partial charge in [-0.05, 0) is 24.5 Å². The molecule has 0 saturated heterocycles. The van der Waals surface area contributed by atoms with Gasteiger partial charge in [-0.3, -0.25) is 0 Å². The summed E-state index contributed by atoms with van der Waals surface area (Å²) in [6, 6.07) is 0. The van der Waals surface area contributed by atoms with Gasteiger partial charge in [-0.1, -0.05) is 30.4 Å². The van der Waals surface area contributed by atoms with Crippen LogP contribution in [0.2, 0.25) is 0 Å². The van der Waals surface area contributed by atoms with Crippen molar-refractivity contribution in [2.75, 3.05) is 0 Å². The Labute approximate surface area is 62.3 Å². The average Bonchev–Trinajstić information content (AvgIpc) is 2.36. The summed E-state index contributed by atoms with van der Waals surface area (Å²) < 4.78 is 0. The fraction of sp³-hybridized carbons (Fsp3) is 0.200. The van der Waals surface area contributed by atoms with E-state index in [1.165, 1.54) is 11.1 Å². The standard InChI is InChI=1S/C10H12/c1-3-6-10-8-5-7-9(10)4-2/h3-5,7-8H,1,6H2,2H3. The lowest BCUT2D eigenvalue weighted by Crippen LogP contribution is -1.78. The van der Waals surface area contributed by atoms with E-state index in [2.05, 4.69) is 37.8 Å². The zero-order chi connectivity index (χ0) is 7.40. The van der Waals surface area contributed by atoms with Gasteiger partial charge in [0.15, 0.2) is 0 Å². The van der Waals surface area contributed by atoms with Crippen molar-refractivity contribution in [1.82, 2.24) is 0 Å². The van der Waals surface area contributed by atoms with Gasteiger partial charge in [0, 0.05) is 0 Å². The van der Waals surface area contributed by atoms with E-state index in [4.69, 9.17) is 0 Å². The molecule has 1 aliphatic carbocycles. The van der Waals surface area contributed by atoms with E-state index in [0.717, 1.165) is 6.42 Å². The second kappa shape index (κ2) is 3.21. The Bertz CT molecular complexity index is 214. The van der Waals surface area contributed by atoms with Gasteiger partial charge in [0.05, 0.1) is 0 Å². The average molecular weight is 132 g/mol. The van der Waals surface area contributed by atoms with Gasteiger partial charge in [-0.2, -0.15) is 0 Å². The van der Waals surface area contributed by atoms with E-state index in [-0.39, 0.29) is 0 Å². The van der Waals surface area contributed by atoms with Crippen LogP contribution < -0.4 is 0 Å². The number of allylic oxidation sites excluding steroid dienone is 7. The van der Waals surface area contributed by atoms with Crippen LogP contribution >= 0.6 is 0 Å². The molecule has 0 aromatic carbocycles. The summed E-state index contributed by atoms with van der Waals surface area (Å²) in [6.45, 7) is 5.75. The third-order valence-electron chi connectivity index (χ3n) is 1.62. The summed E-state index contributed by atoms with van der Waals surface area (Å²) in [7, 11) is 0. The van der Waals surface area contributed by atoms with Crippen molar-refractivity contribution in [3.63, 3.8) is 0 Å². The Balaban J connectivity index is 2.72. The van der Waals surface area contributed by atoms with Crippen LogP contribution in [0.15, 0.2) is 48.1 Å². The van der Waals surface area contributed by atoms with Crippen molar-refractivity contribution in [2.45, 2.75) is 13.3 Å². The molecule has 0 spiro atoms. The molecule has 0 heteroatoms. The molecule has 0 heterocycles. The maximum atomic E-state index is 3.70. The molecule has 0 saturated carbocycles. The Kier molecular flexibility index (Phi) is 2.27.